The number of nitrogens with zero attached hydrogens (tertiary/aromatic N) is 3. The lowest BCUT2D eigenvalue weighted by Gasteiger charge is -2.37. The SMILES string of the molecule is Clc1cncnc1N1CCCCC1CNC1CC1. The molecule has 2 fully saturated rings. The van der Waals surface area contributed by atoms with Gasteiger partial charge >= 0.3 is 0 Å². The monoisotopic (exact) mass is 266 g/mol. The standard InChI is InChI=1S/C13H19ClN4/c14-12-8-15-9-17-13(12)18-6-2-1-3-11(18)7-16-10-4-5-10/h8-11,16H,1-7H2. The average Bonchev–Trinajstić information content (AvgIpc) is 3.22. The highest BCUT2D eigenvalue weighted by molar-refractivity contribution is 6.32. The van der Waals surface area contributed by atoms with Crippen LogP contribution in [0.2, 0.25) is 5.02 Å². The third kappa shape index (κ3) is 2.75. The molecule has 1 N–H and O–H groups in total. The van der Waals surface area contributed by atoms with E-state index in [1.54, 1.807) is 12.5 Å². The van der Waals surface area contributed by atoms with Crippen molar-refractivity contribution >= 4 is 17.4 Å². The number of rotatable bonds is 4. The van der Waals surface area contributed by atoms with E-state index in [0.717, 1.165) is 24.9 Å². The Morgan fingerprint density at radius 2 is 2.22 bits per heavy atom. The molecule has 0 radical (unpaired) electrons. The molecule has 1 unspecified atom stereocenters. The fourth-order valence-corrected chi connectivity index (χ4v) is 2.81. The van der Waals surface area contributed by atoms with Crippen LogP contribution >= 0.6 is 11.6 Å². The number of nitrogens with one attached hydrogen (secondary N) is 1. The van der Waals surface area contributed by atoms with Gasteiger partial charge in [0.15, 0.2) is 5.82 Å². The molecule has 1 atom stereocenters. The summed E-state index contributed by atoms with van der Waals surface area (Å²) >= 11 is 6.21. The number of hydrogen-bond acceptors (Lipinski definition) is 4. The quantitative estimate of drug-likeness (QED) is 0.908. The summed E-state index contributed by atoms with van der Waals surface area (Å²) in [5, 5.41) is 4.28. The third-order valence-corrected chi connectivity index (χ3v) is 4.03. The Hall–Kier alpha value is -0.870. The van der Waals surface area contributed by atoms with Crippen LogP contribution in [-0.2, 0) is 0 Å². The summed E-state index contributed by atoms with van der Waals surface area (Å²) in [7, 11) is 0. The van der Waals surface area contributed by atoms with Gasteiger partial charge in [-0.1, -0.05) is 11.6 Å². The first kappa shape index (κ1) is 12.2. The molecule has 1 aliphatic carbocycles. The van der Waals surface area contributed by atoms with Gasteiger partial charge in [0, 0.05) is 25.2 Å². The van der Waals surface area contributed by atoms with Gasteiger partial charge in [-0.15, -0.1) is 0 Å². The molecule has 1 saturated heterocycles. The van der Waals surface area contributed by atoms with Crippen LogP contribution in [0.1, 0.15) is 32.1 Å². The van der Waals surface area contributed by atoms with Gasteiger partial charge < -0.3 is 10.2 Å². The molecule has 1 aromatic heterocycles. The van der Waals surface area contributed by atoms with E-state index in [1.165, 1.54) is 32.1 Å². The molecule has 1 aliphatic heterocycles. The van der Waals surface area contributed by atoms with Crippen LogP contribution < -0.4 is 10.2 Å². The maximum Gasteiger partial charge on any atom is 0.151 e. The van der Waals surface area contributed by atoms with Crippen LogP contribution in [0.4, 0.5) is 5.82 Å². The van der Waals surface area contributed by atoms with Crippen molar-refractivity contribution in [1.82, 2.24) is 15.3 Å². The van der Waals surface area contributed by atoms with Gasteiger partial charge in [-0.25, -0.2) is 9.97 Å². The summed E-state index contributed by atoms with van der Waals surface area (Å²) in [5.74, 6) is 0.897. The minimum absolute atomic E-state index is 0.520. The van der Waals surface area contributed by atoms with Crippen LogP contribution in [-0.4, -0.2) is 35.1 Å². The van der Waals surface area contributed by atoms with Crippen molar-refractivity contribution in [2.24, 2.45) is 0 Å². The largest absolute Gasteiger partial charge is 0.351 e. The molecule has 2 aliphatic rings. The molecule has 0 bridgehead atoms. The molecule has 0 aromatic carbocycles. The van der Waals surface area contributed by atoms with Gasteiger partial charge in [-0.05, 0) is 32.1 Å². The zero-order valence-electron chi connectivity index (χ0n) is 10.5. The molecule has 98 valence electrons. The van der Waals surface area contributed by atoms with Crippen LogP contribution in [0.5, 0.6) is 0 Å². The number of halogens is 1. The van der Waals surface area contributed by atoms with Crippen LogP contribution in [0, 0.1) is 0 Å². The average molecular weight is 267 g/mol. The number of aromatic nitrogens is 2. The van der Waals surface area contributed by atoms with E-state index in [-0.39, 0.29) is 0 Å². The first-order chi connectivity index (χ1) is 8.84. The van der Waals surface area contributed by atoms with Gasteiger partial charge in [0.05, 0.1) is 6.20 Å². The Kier molecular flexibility index (Phi) is 3.66. The van der Waals surface area contributed by atoms with Gasteiger partial charge in [0.2, 0.25) is 0 Å². The van der Waals surface area contributed by atoms with Crippen molar-refractivity contribution in [1.29, 1.82) is 0 Å². The van der Waals surface area contributed by atoms with Gasteiger partial charge in [-0.3, -0.25) is 0 Å². The Bertz CT molecular complexity index is 408. The zero-order chi connectivity index (χ0) is 12.4. The van der Waals surface area contributed by atoms with Crippen LogP contribution in [0.15, 0.2) is 12.5 Å². The summed E-state index contributed by atoms with van der Waals surface area (Å²) < 4.78 is 0. The fourth-order valence-electron chi connectivity index (χ4n) is 2.60. The summed E-state index contributed by atoms with van der Waals surface area (Å²) in [6.07, 6.45) is 9.68. The molecule has 0 spiro atoms. The predicted octanol–water partition coefficient (Wildman–Crippen LogP) is 2.24. The molecule has 3 rings (SSSR count). The number of hydrogen-bond donors (Lipinski definition) is 1. The first-order valence-electron chi connectivity index (χ1n) is 6.80. The van der Waals surface area contributed by atoms with Crippen molar-refractivity contribution < 1.29 is 0 Å². The predicted molar refractivity (Wildman–Crippen MR) is 73.1 cm³/mol. The maximum atomic E-state index is 6.21. The molecule has 4 nitrogen and oxygen atoms in total. The normalized spacial score (nSPS) is 24.3. The minimum Gasteiger partial charge on any atom is -0.351 e. The zero-order valence-corrected chi connectivity index (χ0v) is 11.2. The highest BCUT2D eigenvalue weighted by Crippen LogP contribution is 2.28. The third-order valence-electron chi connectivity index (χ3n) is 3.77. The van der Waals surface area contributed by atoms with E-state index in [9.17, 15) is 0 Å². The molecule has 1 saturated carbocycles. The Morgan fingerprint density at radius 1 is 1.33 bits per heavy atom. The lowest BCUT2D eigenvalue weighted by Crippen LogP contribution is -2.46. The summed E-state index contributed by atoms with van der Waals surface area (Å²) in [5.41, 5.74) is 0. The Balaban J connectivity index is 1.71. The van der Waals surface area contributed by atoms with Crippen molar-refractivity contribution in [3.63, 3.8) is 0 Å². The van der Waals surface area contributed by atoms with Gasteiger partial charge in [-0.2, -0.15) is 0 Å². The number of anilines is 1. The summed E-state index contributed by atoms with van der Waals surface area (Å²) in [4.78, 5) is 10.7. The van der Waals surface area contributed by atoms with E-state index in [2.05, 4.69) is 20.2 Å². The Morgan fingerprint density at radius 3 is 3.00 bits per heavy atom. The van der Waals surface area contributed by atoms with Crippen LogP contribution in [0.25, 0.3) is 0 Å². The molecule has 1 aromatic rings. The van der Waals surface area contributed by atoms with E-state index >= 15 is 0 Å². The van der Waals surface area contributed by atoms with Gasteiger partial charge in [0.1, 0.15) is 11.3 Å². The van der Waals surface area contributed by atoms with Gasteiger partial charge in [0.25, 0.3) is 0 Å². The maximum absolute atomic E-state index is 6.21. The molecular formula is C13H19ClN4. The van der Waals surface area contributed by atoms with Crippen molar-refractivity contribution in [2.45, 2.75) is 44.2 Å². The smallest absolute Gasteiger partial charge is 0.151 e. The summed E-state index contributed by atoms with van der Waals surface area (Å²) in [6, 6.07) is 1.28. The second-order valence-electron chi connectivity index (χ2n) is 5.22. The minimum atomic E-state index is 0.520. The second kappa shape index (κ2) is 5.41. The van der Waals surface area contributed by atoms with Crippen LogP contribution in [0.3, 0.4) is 0 Å². The topological polar surface area (TPSA) is 41.1 Å². The lowest BCUT2D eigenvalue weighted by atomic mass is 10.0. The first-order valence-corrected chi connectivity index (χ1v) is 7.18. The molecule has 0 amide bonds. The van der Waals surface area contributed by atoms with E-state index in [4.69, 9.17) is 11.6 Å². The van der Waals surface area contributed by atoms with Crippen molar-refractivity contribution in [2.75, 3.05) is 18.0 Å². The Labute approximate surface area is 113 Å². The van der Waals surface area contributed by atoms with E-state index in [1.807, 2.05) is 0 Å². The fraction of sp³-hybridized carbons (Fsp3) is 0.692. The van der Waals surface area contributed by atoms with E-state index < -0.39 is 0 Å². The molecule has 2 heterocycles. The van der Waals surface area contributed by atoms with Crippen molar-refractivity contribution in [3.8, 4) is 0 Å². The number of piperidine rings is 1. The molecule has 5 heteroatoms. The summed E-state index contributed by atoms with van der Waals surface area (Å²) in [6.45, 7) is 2.10. The van der Waals surface area contributed by atoms with E-state index in [0.29, 0.717) is 11.1 Å². The highest BCUT2D eigenvalue weighted by atomic mass is 35.5. The molecule has 18 heavy (non-hydrogen) atoms. The highest BCUT2D eigenvalue weighted by Gasteiger charge is 2.28. The molecular weight excluding hydrogens is 248 g/mol. The second-order valence-corrected chi connectivity index (χ2v) is 5.63. The lowest BCUT2D eigenvalue weighted by molar-refractivity contribution is 0.431. The van der Waals surface area contributed by atoms with Crippen molar-refractivity contribution in [3.05, 3.63) is 17.5 Å².